The van der Waals surface area contributed by atoms with Crippen molar-refractivity contribution >= 4 is 29.1 Å². The Hall–Kier alpha value is -1.33. The normalized spacial score (nSPS) is 11.6. The van der Waals surface area contributed by atoms with Crippen molar-refractivity contribution < 1.29 is 9.90 Å². The van der Waals surface area contributed by atoms with Gasteiger partial charge in [-0.2, -0.15) is 0 Å². The van der Waals surface area contributed by atoms with Crippen molar-refractivity contribution in [2.75, 3.05) is 0 Å². The third kappa shape index (κ3) is 3.41. The van der Waals surface area contributed by atoms with E-state index in [4.69, 9.17) is 0 Å². The molecule has 1 aromatic heterocycles. The van der Waals surface area contributed by atoms with E-state index >= 15 is 0 Å². The van der Waals surface area contributed by atoms with Crippen molar-refractivity contribution in [3.63, 3.8) is 0 Å². The fourth-order valence-corrected chi connectivity index (χ4v) is 3.43. The van der Waals surface area contributed by atoms with Gasteiger partial charge in [0, 0.05) is 10.3 Å². The number of aromatic nitrogens is 1. The van der Waals surface area contributed by atoms with E-state index in [1.165, 1.54) is 21.8 Å². The van der Waals surface area contributed by atoms with Crippen LogP contribution in [0.2, 0.25) is 0 Å². The smallest absolute Gasteiger partial charge is 0.315 e. The van der Waals surface area contributed by atoms with Gasteiger partial charge in [-0.25, -0.2) is 4.98 Å². The Morgan fingerprint density at radius 1 is 1.35 bits per heavy atom. The Kier molecular flexibility index (Phi) is 4.50. The van der Waals surface area contributed by atoms with Crippen LogP contribution in [0.1, 0.15) is 30.1 Å². The average molecular weight is 307 g/mol. The first-order valence-electron chi connectivity index (χ1n) is 6.27. The van der Waals surface area contributed by atoms with Crippen LogP contribution in [0.5, 0.6) is 0 Å². The Balaban J connectivity index is 2.03. The van der Waals surface area contributed by atoms with Gasteiger partial charge in [0.25, 0.3) is 0 Å². The van der Waals surface area contributed by atoms with Gasteiger partial charge >= 0.3 is 5.97 Å². The Bertz CT molecular complexity index is 603. The van der Waals surface area contributed by atoms with E-state index in [0.717, 1.165) is 10.8 Å². The maximum atomic E-state index is 11.2. The lowest BCUT2D eigenvalue weighted by molar-refractivity contribution is -0.142. The first kappa shape index (κ1) is 15.1. The lowest BCUT2D eigenvalue weighted by atomic mass is 9.90. The highest BCUT2D eigenvalue weighted by Crippen LogP contribution is 2.29. The molecule has 2 rings (SSSR count). The van der Waals surface area contributed by atoms with Crippen LogP contribution >= 0.6 is 23.1 Å². The second-order valence-corrected chi connectivity index (χ2v) is 7.15. The third-order valence-electron chi connectivity index (χ3n) is 3.11. The fourth-order valence-electron chi connectivity index (χ4n) is 1.55. The Morgan fingerprint density at radius 3 is 2.60 bits per heavy atom. The molecule has 5 heteroatoms. The number of carboxylic acids is 1. The van der Waals surface area contributed by atoms with Crippen LogP contribution in [-0.4, -0.2) is 16.1 Å². The number of carboxylic acid groups (broad SMARTS) is 1. The van der Waals surface area contributed by atoms with Crippen LogP contribution in [0, 0.1) is 6.92 Å². The minimum atomic E-state index is -0.927. The van der Waals surface area contributed by atoms with Crippen molar-refractivity contribution in [1.82, 2.24) is 4.98 Å². The number of benzene rings is 1. The summed E-state index contributed by atoms with van der Waals surface area (Å²) in [6.45, 7) is 5.43. The lowest BCUT2D eigenvalue weighted by Crippen LogP contribution is -2.28. The molecule has 106 valence electrons. The van der Waals surface area contributed by atoms with E-state index in [1.807, 2.05) is 5.38 Å². The zero-order chi connectivity index (χ0) is 14.8. The maximum absolute atomic E-state index is 11.2. The molecule has 20 heavy (non-hydrogen) atoms. The number of hydrogen-bond acceptors (Lipinski definition) is 4. The molecule has 0 saturated heterocycles. The summed E-state index contributed by atoms with van der Waals surface area (Å²) >= 11 is 3.24. The topological polar surface area (TPSA) is 50.2 Å². The number of thiazole rings is 1. The van der Waals surface area contributed by atoms with Gasteiger partial charge in [0.15, 0.2) is 0 Å². The van der Waals surface area contributed by atoms with Gasteiger partial charge in [0.05, 0.1) is 11.4 Å². The van der Waals surface area contributed by atoms with Crippen LogP contribution in [0.3, 0.4) is 0 Å². The molecule has 1 N–H and O–H groups in total. The van der Waals surface area contributed by atoms with Crippen LogP contribution in [0.15, 0.2) is 34.5 Å². The van der Waals surface area contributed by atoms with Gasteiger partial charge in [-0.3, -0.25) is 4.79 Å². The van der Waals surface area contributed by atoms with Crippen LogP contribution < -0.4 is 0 Å². The molecule has 0 aliphatic heterocycles. The van der Waals surface area contributed by atoms with Gasteiger partial charge in [0.2, 0.25) is 0 Å². The number of aliphatic carboxylic acids is 1. The number of rotatable bonds is 5. The van der Waals surface area contributed by atoms with E-state index < -0.39 is 11.4 Å². The standard InChI is InChI=1S/C15H17NO2S2/c1-10-4-6-11(7-5-10)19-9-13-16-12(8-20-13)15(2,3)14(17)18/h4-8H,9H2,1-3H3,(H,17,18). The second kappa shape index (κ2) is 5.97. The first-order chi connectivity index (χ1) is 9.39. The van der Waals surface area contributed by atoms with Crippen molar-refractivity contribution in [2.24, 2.45) is 0 Å². The van der Waals surface area contributed by atoms with Crippen molar-refractivity contribution in [1.29, 1.82) is 0 Å². The summed E-state index contributed by atoms with van der Waals surface area (Å²) in [6.07, 6.45) is 0. The minimum Gasteiger partial charge on any atom is -0.481 e. The predicted octanol–water partition coefficient (Wildman–Crippen LogP) is 4.11. The molecule has 2 aromatic rings. The summed E-state index contributed by atoms with van der Waals surface area (Å²) in [5.74, 6) is -0.0794. The summed E-state index contributed by atoms with van der Waals surface area (Å²) < 4.78 is 0. The molecule has 1 aromatic carbocycles. The van der Waals surface area contributed by atoms with Gasteiger partial charge in [-0.15, -0.1) is 23.1 Å². The van der Waals surface area contributed by atoms with Gasteiger partial charge in [-0.05, 0) is 32.9 Å². The zero-order valence-corrected chi connectivity index (χ0v) is 13.3. The van der Waals surface area contributed by atoms with E-state index in [1.54, 1.807) is 25.6 Å². The summed E-state index contributed by atoms with van der Waals surface area (Å²) in [5.41, 5.74) is 0.951. The summed E-state index contributed by atoms with van der Waals surface area (Å²) in [4.78, 5) is 16.9. The van der Waals surface area contributed by atoms with Crippen LogP contribution in [0.25, 0.3) is 0 Å². The molecule has 0 aliphatic carbocycles. The Morgan fingerprint density at radius 2 is 2.00 bits per heavy atom. The number of nitrogens with zero attached hydrogens (tertiary/aromatic N) is 1. The molecule has 0 unspecified atom stereocenters. The summed E-state index contributed by atoms with van der Waals surface area (Å²) in [7, 11) is 0. The quantitative estimate of drug-likeness (QED) is 0.845. The largest absolute Gasteiger partial charge is 0.481 e. The monoisotopic (exact) mass is 307 g/mol. The SMILES string of the molecule is Cc1ccc(SCc2nc(C(C)(C)C(=O)O)cs2)cc1. The maximum Gasteiger partial charge on any atom is 0.315 e. The summed E-state index contributed by atoms with van der Waals surface area (Å²) in [6, 6.07) is 8.36. The molecule has 3 nitrogen and oxygen atoms in total. The molecular formula is C15H17NO2S2. The fraction of sp³-hybridized carbons (Fsp3) is 0.333. The highest BCUT2D eigenvalue weighted by molar-refractivity contribution is 7.98. The van der Waals surface area contributed by atoms with Crippen molar-refractivity contribution in [3.05, 3.63) is 45.9 Å². The van der Waals surface area contributed by atoms with Crippen LogP contribution in [-0.2, 0) is 16.0 Å². The highest BCUT2D eigenvalue weighted by atomic mass is 32.2. The molecule has 0 amide bonds. The predicted molar refractivity (Wildman–Crippen MR) is 83.5 cm³/mol. The number of thioether (sulfide) groups is 1. The molecule has 0 saturated carbocycles. The van der Waals surface area contributed by atoms with E-state index in [-0.39, 0.29) is 0 Å². The molecule has 0 atom stereocenters. The minimum absolute atomic E-state index is 0.634. The zero-order valence-electron chi connectivity index (χ0n) is 11.7. The van der Waals surface area contributed by atoms with Crippen molar-refractivity contribution in [3.8, 4) is 0 Å². The molecule has 0 aliphatic rings. The van der Waals surface area contributed by atoms with Crippen LogP contribution in [0.4, 0.5) is 0 Å². The van der Waals surface area contributed by atoms with Gasteiger partial charge < -0.3 is 5.11 Å². The number of aryl methyl sites for hydroxylation is 1. The second-order valence-electron chi connectivity index (χ2n) is 5.16. The molecule has 0 radical (unpaired) electrons. The van der Waals surface area contributed by atoms with Gasteiger partial charge in [-0.1, -0.05) is 17.7 Å². The molecule has 0 bridgehead atoms. The molecule has 0 fully saturated rings. The molecule has 1 heterocycles. The van der Waals surface area contributed by atoms with E-state index in [9.17, 15) is 9.90 Å². The van der Waals surface area contributed by atoms with E-state index in [0.29, 0.717) is 5.69 Å². The third-order valence-corrected chi connectivity index (χ3v) is 5.16. The average Bonchev–Trinajstić information content (AvgIpc) is 2.87. The Labute approximate surface area is 127 Å². The molecule has 0 spiro atoms. The highest BCUT2D eigenvalue weighted by Gasteiger charge is 2.31. The summed E-state index contributed by atoms with van der Waals surface area (Å²) in [5, 5.41) is 12.0. The van der Waals surface area contributed by atoms with Gasteiger partial charge in [0.1, 0.15) is 10.4 Å². The number of hydrogen-bond donors (Lipinski definition) is 1. The first-order valence-corrected chi connectivity index (χ1v) is 8.14. The molecular weight excluding hydrogens is 290 g/mol. The van der Waals surface area contributed by atoms with Crippen molar-refractivity contribution in [2.45, 2.75) is 36.8 Å². The number of carbonyl (C=O) groups is 1. The lowest BCUT2D eigenvalue weighted by Gasteiger charge is -2.15. The van der Waals surface area contributed by atoms with E-state index in [2.05, 4.69) is 36.2 Å².